The van der Waals surface area contributed by atoms with Crippen LogP contribution >= 0.6 is 0 Å². The molecule has 3 N–H and O–H groups in total. The highest BCUT2D eigenvalue weighted by molar-refractivity contribution is 5.94. The Balaban J connectivity index is 1.50. The van der Waals surface area contributed by atoms with Gasteiger partial charge in [0.2, 0.25) is 0 Å². The van der Waals surface area contributed by atoms with Crippen molar-refractivity contribution in [2.24, 2.45) is 5.92 Å². The number of imidazole rings is 1. The fraction of sp³-hybridized carbons (Fsp3) is 0.429. The van der Waals surface area contributed by atoms with E-state index >= 15 is 0 Å². The van der Waals surface area contributed by atoms with Crippen LogP contribution in [0.25, 0.3) is 11.2 Å². The largest absolute Gasteiger partial charge is 0.466 e. The predicted octanol–water partition coefficient (Wildman–Crippen LogP) is 3.18. The van der Waals surface area contributed by atoms with Crippen LogP contribution in [0.1, 0.15) is 42.5 Å². The van der Waals surface area contributed by atoms with Gasteiger partial charge in [-0.3, -0.25) is 4.79 Å². The second kappa shape index (κ2) is 8.46. The number of anilines is 2. The minimum absolute atomic E-state index is 0.0300. The molecule has 1 aliphatic carbocycles. The fourth-order valence-electron chi connectivity index (χ4n) is 3.66. The van der Waals surface area contributed by atoms with Crippen molar-refractivity contribution in [1.82, 2.24) is 19.9 Å². The summed E-state index contributed by atoms with van der Waals surface area (Å²) in [4.78, 5) is 28.7. The topological polar surface area (TPSA) is 97.3 Å². The Morgan fingerprint density at radius 2 is 2.00 bits per heavy atom. The molecule has 0 radical (unpaired) electrons. The number of carbonyl (C=O) groups is 1. The van der Waals surface area contributed by atoms with E-state index in [1.807, 2.05) is 12.1 Å². The summed E-state index contributed by atoms with van der Waals surface area (Å²) in [7, 11) is 3.47. The molecule has 8 nitrogen and oxygen atoms in total. The molecule has 8 heteroatoms. The van der Waals surface area contributed by atoms with Gasteiger partial charge < -0.3 is 14.6 Å². The van der Waals surface area contributed by atoms with E-state index in [0.717, 1.165) is 11.2 Å². The SMILES string of the molecule is CN(C)C(=O)c1ccc(Nc2nc3nc[nH]c3c(OCC3CCCCC3)[nH+]2)cc1. The first-order valence-electron chi connectivity index (χ1n) is 10.1. The number of nitrogens with one attached hydrogen (secondary N) is 3. The molecule has 0 atom stereocenters. The van der Waals surface area contributed by atoms with Crippen LogP contribution in [-0.2, 0) is 0 Å². The molecule has 152 valence electrons. The number of ether oxygens (including phenoxy) is 1. The van der Waals surface area contributed by atoms with Crippen LogP contribution in [0.4, 0.5) is 11.6 Å². The first-order valence-corrected chi connectivity index (χ1v) is 10.1. The Morgan fingerprint density at radius 3 is 2.72 bits per heavy atom. The van der Waals surface area contributed by atoms with Crippen molar-refractivity contribution in [3.05, 3.63) is 36.2 Å². The van der Waals surface area contributed by atoms with Gasteiger partial charge in [0.05, 0.1) is 18.6 Å². The highest BCUT2D eigenvalue weighted by Crippen LogP contribution is 2.25. The standard InChI is InChI=1S/C21H26N6O2/c1-27(2)20(28)15-8-10-16(11-9-15)24-21-25-18-17(22-13-23-18)19(26-21)29-12-14-6-4-3-5-7-14/h8-11,13-14H,3-7,12H2,1-2H3,(H2,22,23,24,25,26)/p+1. The van der Waals surface area contributed by atoms with E-state index < -0.39 is 0 Å². The highest BCUT2D eigenvalue weighted by atomic mass is 16.5. The maximum atomic E-state index is 12.0. The molecule has 2 heterocycles. The maximum Gasteiger partial charge on any atom is 0.399 e. The van der Waals surface area contributed by atoms with E-state index in [1.54, 1.807) is 37.5 Å². The molecule has 1 fully saturated rings. The Morgan fingerprint density at radius 1 is 1.24 bits per heavy atom. The van der Waals surface area contributed by atoms with Crippen molar-refractivity contribution in [2.75, 3.05) is 26.0 Å². The Hall–Kier alpha value is -3.16. The monoisotopic (exact) mass is 395 g/mol. The minimum Gasteiger partial charge on any atom is -0.466 e. The van der Waals surface area contributed by atoms with E-state index in [2.05, 4.69) is 25.3 Å². The number of H-pyrrole nitrogens is 2. The van der Waals surface area contributed by atoms with E-state index in [9.17, 15) is 4.79 Å². The Kier molecular flexibility index (Phi) is 5.59. The average molecular weight is 395 g/mol. The van der Waals surface area contributed by atoms with E-state index in [-0.39, 0.29) is 5.91 Å². The van der Waals surface area contributed by atoms with Crippen LogP contribution in [0, 0.1) is 5.92 Å². The lowest BCUT2D eigenvalue weighted by Gasteiger charge is -2.21. The summed E-state index contributed by atoms with van der Waals surface area (Å²) < 4.78 is 6.12. The number of aromatic nitrogens is 4. The third-order valence-corrected chi connectivity index (χ3v) is 5.28. The number of benzene rings is 1. The van der Waals surface area contributed by atoms with Gasteiger partial charge in [-0.25, -0.2) is 15.3 Å². The van der Waals surface area contributed by atoms with Gasteiger partial charge in [-0.15, -0.1) is 0 Å². The number of rotatable bonds is 6. The average Bonchev–Trinajstić information content (AvgIpc) is 3.21. The lowest BCUT2D eigenvalue weighted by molar-refractivity contribution is -0.380. The summed E-state index contributed by atoms with van der Waals surface area (Å²) in [5.74, 6) is 1.74. The Bertz CT molecular complexity index is 977. The number of carbonyl (C=O) groups excluding carboxylic acids is 1. The molecular weight excluding hydrogens is 368 g/mol. The third-order valence-electron chi connectivity index (χ3n) is 5.28. The molecule has 0 spiro atoms. The minimum atomic E-state index is -0.0300. The zero-order valence-corrected chi connectivity index (χ0v) is 16.9. The highest BCUT2D eigenvalue weighted by Gasteiger charge is 2.20. The molecule has 0 aliphatic heterocycles. The number of fused-ring (bicyclic) bond motifs is 1. The smallest absolute Gasteiger partial charge is 0.399 e. The van der Waals surface area contributed by atoms with E-state index in [0.29, 0.717) is 35.6 Å². The van der Waals surface area contributed by atoms with Crippen molar-refractivity contribution in [1.29, 1.82) is 0 Å². The zero-order chi connectivity index (χ0) is 20.2. The first kappa shape index (κ1) is 19.2. The summed E-state index contributed by atoms with van der Waals surface area (Å²) in [5.41, 5.74) is 2.80. The van der Waals surface area contributed by atoms with Gasteiger partial charge in [0.1, 0.15) is 0 Å². The van der Waals surface area contributed by atoms with Crippen LogP contribution in [0.5, 0.6) is 5.88 Å². The van der Waals surface area contributed by atoms with Crippen molar-refractivity contribution in [3.8, 4) is 5.88 Å². The molecule has 3 aromatic rings. The number of nitrogens with zero attached hydrogens (tertiary/aromatic N) is 3. The van der Waals surface area contributed by atoms with Crippen LogP contribution in [0.2, 0.25) is 0 Å². The van der Waals surface area contributed by atoms with Gasteiger partial charge in [0.25, 0.3) is 17.4 Å². The van der Waals surface area contributed by atoms with Crippen LogP contribution in [0.3, 0.4) is 0 Å². The molecule has 4 rings (SSSR count). The Labute approximate surface area is 169 Å². The molecule has 1 saturated carbocycles. The quantitative estimate of drug-likeness (QED) is 0.668. The van der Waals surface area contributed by atoms with Gasteiger partial charge in [-0.05, 0) is 48.0 Å². The summed E-state index contributed by atoms with van der Waals surface area (Å²) in [6.07, 6.45) is 7.96. The molecule has 1 aliphatic rings. The van der Waals surface area contributed by atoms with Crippen LogP contribution < -0.4 is 15.0 Å². The van der Waals surface area contributed by atoms with Gasteiger partial charge in [0, 0.05) is 19.7 Å². The molecule has 2 aromatic heterocycles. The first-order chi connectivity index (χ1) is 14.1. The molecular formula is C21H27N6O2+. The molecule has 0 unspecified atom stereocenters. The fourth-order valence-corrected chi connectivity index (χ4v) is 3.66. The molecule has 0 saturated heterocycles. The summed E-state index contributed by atoms with van der Waals surface area (Å²) >= 11 is 0. The molecule has 1 amide bonds. The zero-order valence-electron chi connectivity index (χ0n) is 16.9. The van der Waals surface area contributed by atoms with E-state index in [4.69, 9.17) is 4.74 Å². The van der Waals surface area contributed by atoms with Crippen LogP contribution in [0.15, 0.2) is 30.6 Å². The molecule has 29 heavy (non-hydrogen) atoms. The lowest BCUT2D eigenvalue weighted by atomic mass is 9.90. The van der Waals surface area contributed by atoms with Crippen molar-refractivity contribution >= 4 is 28.7 Å². The van der Waals surface area contributed by atoms with Gasteiger partial charge in [-0.1, -0.05) is 19.3 Å². The molecule has 1 aromatic carbocycles. The second-order valence-electron chi connectivity index (χ2n) is 7.73. The molecule has 0 bridgehead atoms. The second-order valence-corrected chi connectivity index (χ2v) is 7.73. The van der Waals surface area contributed by atoms with Crippen molar-refractivity contribution in [3.63, 3.8) is 0 Å². The maximum absolute atomic E-state index is 12.0. The number of aromatic amines is 2. The van der Waals surface area contributed by atoms with Gasteiger partial charge in [0.15, 0.2) is 5.52 Å². The van der Waals surface area contributed by atoms with Crippen molar-refractivity contribution in [2.45, 2.75) is 32.1 Å². The van der Waals surface area contributed by atoms with Gasteiger partial charge in [-0.2, -0.15) is 0 Å². The third kappa shape index (κ3) is 4.47. The number of hydrogen-bond donors (Lipinski definition) is 2. The normalized spacial score (nSPS) is 14.7. The summed E-state index contributed by atoms with van der Waals surface area (Å²) in [6.45, 7) is 0.690. The van der Waals surface area contributed by atoms with Gasteiger partial charge >= 0.3 is 5.95 Å². The predicted molar refractivity (Wildman–Crippen MR) is 110 cm³/mol. The van der Waals surface area contributed by atoms with Crippen molar-refractivity contribution < 1.29 is 14.5 Å². The lowest BCUT2D eigenvalue weighted by Crippen LogP contribution is -2.22. The van der Waals surface area contributed by atoms with E-state index in [1.165, 1.54) is 32.1 Å². The number of hydrogen-bond acceptors (Lipinski definition) is 5. The number of amides is 1. The summed E-state index contributed by atoms with van der Waals surface area (Å²) in [6, 6.07) is 7.28. The van der Waals surface area contributed by atoms with Crippen LogP contribution in [-0.4, -0.2) is 46.5 Å². The summed E-state index contributed by atoms with van der Waals surface area (Å²) in [5, 5.41) is 3.23.